The Hall–Kier alpha value is -1.22. The van der Waals surface area contributed by atoms with Crippen LogP contribution in [0.2, 0.25) is 0 Å². The molecule has 0 atom stereocenters. The topological polar surface area (TPSA) is 0 Å². The smallest absolute Gasteiger partial charge is 0.0173 e. The first-order chi connectivity index (χ1) is 6.52. The van der Waals surface area contributed by atoms with Crippen molar-refractivity contribution in [1.82, 2.24) is 0 Å². The zero-order valence-electron chi connectivity index (χ0n) is 10.1. The van der Waals surface area contributed by atoms with Crippen LogP contribution in [0.15, 0.2) is 36.5 Å². The van der Waals surface area contributed by atoms with Gasteiger partial charge in [-0.1, -0.05) is 64.3 Å². The van der Waals surface area contributed by atoms with Crippen molar-refractivity contribution in [2.45, 2.75) is 34.6 Å². The second-order valence-electron chi connectivity index (χ2n) is 3.13. The van der Waals surface area contributed by atoms with Gasteiger partial charge in [-0.05, 0) is 13.0 Å². The molecule has 78 valence electrons. The Morgan fingerprint density at radius 3 is 2.00 bits per heavy atom. The molecule has 0 unspecified atom stereocenters. The first-order valence-electron chi connectivity index (χ1n) is 5.06. The highest BCUT2D eigenvalue weighted by molar-refractivity contribution is 5.37. The molecule has 14 heavy (non-hydrogen) atoms. The van der Waals surface area contributed by atoms with Crippen LogP contribution in [0.3, 0.4) is 0 Å². The molecule has 0 aliphatic rings. The Balaban J connectivity index is 0. The molecule has 0 radical (unpaired) electrons. The lowest BCUT2D eigenvalue weighted by Gasteiger charge is -1.88. The third kappa shape index (κ3) is 13.4. The van der Waals surface area contributed by atoms with Crippen molar-refractivity contribution >= 4 is 0 Å². The number of rotatable bonds is 2. The van der Waals surface area contributed by atoms with Crippen LogP contribution in [0, 0.1) is 17.8 Å². The van der Waals surface area contributed by atoms with Gasteiger partial charge in [0.2, 0.25) is 0 Å². The highest BCUT2D eigenvalue weighted by Gasteiger charge is 1.82. The summed E-state index contributed by atoms with van der Waals surface area (Å²) in [4.78, 5) is 0. The SMILES string of the molecule is C=C(C)/C=C\C(=C)C#CC(C)C.CC. The summed E-state index contributed by atoms with van der Waals surface area (Å²) >= 11 is 0. The fourth-order valence-corrected chi connectivity index (χ4v) is 0.522. The molecular weight excluding hydrogens is 168 g/mol. The molecule has 0 aromatic carbocycles. The fourth-order valence-electron chi connectivity index (χ4n) is 0.522. The second kappa shape index (κ2) is 9.86. The maximum Gasteiger partial charge on any atom is 0.0173 e. The first-order valence-corrected chi connectivity index (χ1v) is 5.06. The molecule has 0 nitrogen and oxygen atoms in total. The van der Waals surface area contributed by atoms with E-state index in [1.165, 1.54) is 0 Å². The molecule has 0 heterocycles. The Bertz CT molecular complexity index is 253. The summed E-state index contributed by atoms with van der Waals surface area (Å²) in [7, 11) is 0. The lowest BCUT2D eigenvalue weighted by atomic mass is 10.2. The summed E-state index contributed by atoms with van der Waals surface area (Å²) in [5.74, 6) is 6.41. The molecule has 0 spiro atoms. The van der Waals surface area contributed by atoms with Crippen LogP contribution in [0.1, 0.15) is 34.6 Å². The van der Waals surface area contributed by atoms with Crippen LogP contribution in [0.4, 0.5) is 0 Å². The summed E-state index contributed by atoms with van der Waals surface area (Å²) in [6.45, 7) is 17.6. The van der Waals surface area contributed by atoms with E-state index in [1.54, 1.807) is 0 Å². The van der Waals surface area contributed by atoms with Crippen LogP contribution in [0.5, 0.6) is 0 Å². The molecule has 0 N–H and O–H groups in total. The summed E-state index contributed by atoms with van der Waals surface area (Å²) < 4.78 is 0. The normalized spacial score (nSPS) is 8.71. The van der Waals surface area contributed by atoms with Gasteiger partial charge < -0.3 is 0 Å². The summed E-state index contributed by atoms with van der Waals surface area (Å²) in [5, 5.41) is 0. The largest absolute Gasteiger partial charge is 0.0961 e. The molecule has 0 amide bonds. The van der Waals surface area contributed by atoms with Crippen LogP contribution in [-0.4, -0.2) is 0 Å². The predicted molar refractivity (Wildman–Crippen MR) is 67.1 cm³/mol. The maximum absolute atomic E-state index is 3.80. The fraction of sp³-hybridized carbons (Fsp3) is 0.429. The Morgan fingerprint density at radius 1 is 1.14 bits per heavy atom. The van der Waals surface area contributed by atoms with Crippen molar-refractivity contribution < 1.29 is 0 Å². The minimum Gasteiger partial charge on any atom is -0.0961 e. The van der Waals surface area contributed by atoms with Gasteiger partial charge in [-0.2, -0.15) is 0 Å². The quantitative estimate of drug-likeness (QED) is 0.448. The minimum atomic E-state index is 0.403. The number of allylic oxidation sites excluding steroid dienone is 4. The maximum atomic E-state index is 3.80. The highest BCUT2D eigenvalue weighted by atomic mass is 13.9. The van der Waals surface area contributed by atoms with Gasteiger partial charge in [-0.15, -0.1) is 0 Å². The van der Waals surface area contributed by atoms with E-state index in [1.807, 2.05) is 32.9 Å². The molecule has 0 aliphatic carbocycles. The molecule has 0 aromatic rings. The van der Waals surface area contributed by atoms with E-state index in [9.17, 15) is 0 Å². The van der Waals surface area contributed by atoms with Gasteiger partial charge in [-0.25, -0.2) is 0 Å². The third-order valence-corrected chi connectivity index (χ3v) is 1.09. The van der Waals surface area contributed by atoms with Gasteiger partial charge in [0.1, 0.15) is 0 Å². The van der Waals surface area contributed by atoms with Crippen molar-refractivity contribution in [3.63, 3.8) is 0 Å². The molecule has 0 heteroatoms. The highest BCUT2D eigenvalue weighted by Crippen LogP contribution is 1.96. The lowest BCUT2D eigenvalue weighted by molar-refractivity contribution is 0.866. The molecule has 0 saturated heterocycles. The molecule has 0 saturated carbocycles. The molecule has 0 fully saturated rings. The van der Waals surface area contributed by atoms with Gasteiger partial charge in [0, 0.05) is 11.5 Å². The zero-order valence-corrected chi connectivity index (χ0v) is 10.1. The van der Waals surface area contributed by atoms with Crippen molar-refractivity contribution in [3.05, 3.63) is 36.5 Å². The lowest BCUT2D eigenvalue weighted by Crippen LogP contribution is -1.78. The molecular formula is C14H22. The average Bonchev–Trinajstić information content (AvgIpc) is 2.14. The van der Waals surface area contributed by atoms with Gasteiger partial charge in [0.05, 0.1) is 0 Å². The molecule has 0 rings (SSSR count). The summed E-state index contributed by atoms with van der Waals surface area (Å²) in [5.41, 5.74) is 1.86. The second-order valence-corrected chi connectivity index (χ2v) is 3.13. The van der Waals surface area contributed by atoms with E-state index >= 15 is 0 Å². The Morgan fingerprint density at radius 2 is 1.64 bits per heavy atom. The number of hydrogen-bond acceptors (Lipinski definition) is 0. The monoisotopic (exact) mass is 190 g/mol. The van der Waals surface area contributed by atoms with Gasteiger partial charge >= 0.3 is 0 Å². The van der Waals surface area contributed by atoms with E-state index in [0.717, 1.165) is 11.1 Å². The van der Waals surface area contributed by atoms with Crippen molar-refractivity contribution in [2.24, 2.45) is 5.92 Å². The van der Waals surface area contributed by atoms with E-state index in [0.29, 0.717) is 5.92 Å². The summed E-state index contributed by atoms with van der Waals surface area (Å²) in [6.07, 6.45) is 3.80. The Labute approximate surface area is 89.4 Å². The molecule has 0 bridgehead atoms. The van der Waals surface area contributed by atoms with Crippen molar-refractivity contribution in [3.8, 4) is 11.8 Å². The standard InChI is InChI=1S/C12H16.C2H6/c1-10(2)6-8-12(5)9-7-11(3)4;1-2/h6,8,11H,1,5H2,2-4H3;1-2H3/b8-6-;. The van der Waals surface area contributed by atoms with Crippen LogP contribution in [-0.2, 0) is 0 Å². The minimum absolute atomic E-state index is 0.403. The van der Waals surface area contributed by atoms with E-state index in [-0.39, 0.29) is 0 Å². The third-order valence-electron chi connectivity index (χ3n) is 1.09. The average molecular weight is 190 g/mol. The van der Waals surface area contributed by atoms with E-state index in [4.69, 9.17) is 0 Å². The van der Waals surface area contributed by atoms with Gasteiger partial charge in [-0.3, -0.25) is 0 Å². The zero-order chi connectivity index (χ0) is 11.6. The van der Waals surface area contributed by atoms with E-state index in [2.05, 4.69) is 38.8 Å². The van der Waals surface area contributed by atoms with Crippen LogP contribution in [0.25, 0.3) is 0 Å². The molecule has 0 aromatic heterocycles. The predicted octanol–water partition coefficient (Wildman–Crippen LogP) is 4.36. The van der Waals surface area contributed by atoms with Crippen molar-refractivity contribution in [2.75, 3.05) is 0 Å². The summed E-state index contributed by atoms with van der Waals surface area (Å²) in [6, 6.07) is 0. The Kier molecular flexibility index (Phi) is 10.8. The van der Waals surface area contributed by atoms with E-state index < -0.39 is 0 Å². The van der Waals surface area contributed by atoms with Crippen molar-refractivity contribution in [1.29, 1.82) is 0 Å². The number of hydrogen-bond donors (Lipinski definition) is 0. The molecule has 0 aliphatic heterocycles. The van der Waals surface area contributed by atoms with Gasteiger partial charge in [0.25, 0.3) is 0 Å². The first kappa shape index (κ1) is 15.3. The van der Waals surface area contributed by atoms with Crippen LogP contribution >= 0.6 is 0 Å². The van der Waals surface area contributed by atoms with Crippen LogP contribution < -0.4 is 0 Å². The van der Waals surface area contributed by atoms with Gasteiger partial charge in [0.15, 0.2) is 0 Å².